The lowest BCUT2D eigenvalue weighted by atomic mass is 10.1. The van der Waals surface area contributed by atoms with Crippen molar-refractivity contribution in [3.8, 4) is 5.75 Å². The van der Waals surface area contributed by atoms with E-state index in [2.05, 4.69) is 10.3 Å². The maximum atomic E-state index is 13.1. The Kier molecular flexibility index (Phi) is 4.47. The number of halogens is 1. The van der Waals surface area contributed by atoms with Gasteiger partial charge in [-0.1, -0.05) is 18.2 Å². The fourth-order valence-electron chi connectivity index (χ4n) is 1.90. The minimum absolute atomic E-state index is 0.0214. The van der Waals surface area contributed by atoms with Gasteiger partial charge in [0.15, 0.2) is 0 Å². The molecule has 0 aliphatic heterocycles. The van der Waals surface area contributed by atoms with Crippen LogP contribution in [0.2, 0.25) is 0 Å². The average Bonchev–Trinajstić information content (AvgIpc) is 2.45. The molecule has 100 valence electrons. The zero-order valence-corrected chi connectivity index (χ0v) is 11.1. The first-order chi connectivity index (χ1) is 9.20. The number of pyridine rings is 1. The van der Waals surface area contributed by atoms with Gasteiger partial charge >= 0.3 is 0 Å². The van der Waals surface area contributed by atoms with Crippen molar-refractivity contribution in [1.82, 2.24) is 10.3 Å². The van der Waals surface area contributed by atoms with Gasteiger partial charge in [-0.15, -0.1) is 0 Å². The first-order valence-electron chi connectivity index (χ1n) is 6.16. The molecule has 4 heteroatoms. The first-order valence-corrected chi connectivity index (χ1v) is 6.16. The third-order valence-electron chi connectivity index (χ3n) is 3.02. The molecule has 2 aromatic rings. The van der Waals surface area contributed by atoms with Gasteiger partial charge in [0.2, 0.25) is 0 Å². The van der Waals surface area contributed by atoms with Crippen molar-refractivity contribution in [2.75, 3.05) is 7.11 Å². The summed E-state index contributed by atoms with van der Waals surface area (Å²) in [5.74, 6) is 0.531. The van der Waals surface area contributed by atoms with Crippen LogP contribution in [0.5, 0.6) is 5.75 Å². The van der Waals surface area contributed by atoms with Crippen molar-refractivity contribution in [3.63, 3.8) is 0 Å². The molecule has 1 heterocycles. The molecule has 0 radical (unpaired) electrons. The number of methoxy groups -OCH3 is 1. The summed E-state index contributed by atoms with van der Waals surface area (Å²) in [6, 6.07) is 9.34. The summed E-state index contributed by atoms with van der Waals surface area (Å²) in [7, 11) is 1.65. The quantitative estimate of drug-likeness (QED) is 0.897. The highest BCUT2D eigenvalue weighted by atomic mass is 19.1. The maximum Gasteiger partial charge on any atom is 0.141 e. The van der Waals surface area contributed by atoms with E-state index in [-0.39, 0.29) is 11.9 Å². The first kappa shape index (κ1) is 13.5. The molecule has 0 fully saturated rings. The lowest BCUT2D eigenvalue weighted by Gasteiger charge is -2.15. The van der Waals surface area contributed by atoms with Gasteiger partial charge in [-0.2, -0.15) is 0 Å². The predicted octanol–water partition coefficient (Wildman–Crippen LogP) is 3.08. The van der Waals surface area contributed by atoms with Crippen molar-refractivity contribution in [3.05, 3.63) is 59.7 Å². The lowest BCUT2D eigenvalue weighted by molar-refractivity contribution is 0.406. The Labute approximate surface area is 112 Å². The van der Waals surface area contributed by atoms with E-state index in [0.717, 1.165) is 16.9 Å². The van der Waals surface area contributed by atoms with Gasteiger partial charge in [0.05, 0.1) is 13.3 Å². The summed E-state index contributed by atoms with van der Waals surface area (Å²) in [6.45, 7) is 2.63. The monoisotopic (exact) mass is 260 g/mol. The van der Waals surface area contributed by atoms with Gasteiger partial charge in [-0.25, -0.2) is 4.39 Å². The number of hydrogen-bond donors (Lipinski definition) is 1. The Balaban J connectivity index is 2.02. The second-order valence-electron chi connectivity index (χ2n) is 4.35. The van der Waals surface area contributed by atoms with Crippen molar-refractivity contribution in [2.24, 2.45) is 0 Å². The van der Waals surface area contributed by atoms with E-state index < -0.39 is 0 Å². The Hall–Kier alpha value is -1.94. The van der Waals surface area contributed by atoms with Crippen LogP contribution in [0.4, 0.5) is 4.39 Å². The normalized spacial score (nSPS) is 12.2. The van der Waals surface area contributed by atoms with Crippen LogP contribution in [-0.4, -0.2) is 12.1 Å². The minimum Gasteiger partial charge on any atom is -0.496 e. The van der Waals surface area contributed by atoms with E-state index in [4.69, 9.17) is 4.74 Å². The maximum absolute atomic E-state index is 13.1. The Morgan fingerprint density at radius 2 is 2.11 bits per heavy atom. The molecule has 0 aliphatic carbocycles. The molecule has 1 atom stereocenters. The van der Waals surface area contributed by atoms with Crippen LogP contribution in [0.3, 0.4) is 0 Å². The summed E-state index contributed by atoms with van der Waals surface area (Å²) in [4.78, 5) is 3.85. The Morgan fingerprint density at radius 3 is 2.84 bits per heavy atom. The van der Waals surface area contributed by atoms with Crippen LogP contribution >= 0.6 is 0 Å². The number of benzene rings is 1. The fraction of sp³-hybridized carbons (Fsp3) is 0.267. The van der Waals surface area contributed by atoms with E-state index in [1.807, 2.05) is 31.2 Å². The molecule has 0 aliphatic rings. The lowest BCUT2D eigenvalue weighted by Crippen LogP contribution is -2.18. The number of para-hydroxylation sites is 1. The SMILES string of the molecule is COc1ccccc1CNC(C)c1cncc(F)c1. The second-order valence-corrected chi connectivity index (χ2v) is 4.35. The minimum atomic E-state index is -0.316. The predicted molar refractivity (Wildman–Crippen MR) is 72.4 cm³/mol. The van der Waals surface area contributed by atoms with Gasteiger partial charge in [0.1, 0.15) is 11.6 Å². The molecule has 0 saturated carbocycles. The third-order valence-corrected chi connectivity index (χ3v) is 3.02. The summed E-state index contributed by atoms with van der Waals surface area (Å²) < 4.78 is 18.4. The largest absolute Gasteiger partial charge is 0.496 e. The number of ether oxygens (including phenoxy) is 1. The molecule has 0 amide bonds. The number of nitrogens with zero attached hydrogens (tertiary/aromatic N) is 1. The van der Waals surface area contributed by atoms with Crippen LogP contribution in [-0.2, 0) is 6.54 Å². The summed E-state index contributed by atoms with van der Waals surface area (Å²) in [5.41, 5.74) is 1.90. The molecule has 1 aromatic heterocycles. The van der Waals surface area contributed by atoms with E-state index in [0.29, 0.717) is 6.54 Å². The smallest absolute Gasteiger partial charge is 0.141 e. The highest BCUT2D eigenvalue weighted by Crippen LogP contribution is 2.19. The molecule has 0 bridgehead atoms. The highest BCUT2D eigenvalue weighted by molar-refractivity contribution is 5.33. The van der Waals surface area contributed by atoms with Gasteiger partial charge in [-0.3, -0.25) is 4.98 Å². The molecule has 0 spiro atoms. The molecule has 1 unspecified atom stereocenters. The number of aromatic nitrogens is 1. The summed E-state index contributed by atoms with van der Waals surface area (Å²) >= 11 is 0. The number of hydrogen-bond acceptors (Lipinski definition) is 3. The molecule has 2 rings (SSSR count). The topological polar surface area (TPSA) is 34.1 Å². The standard InChI is InChI=1S/C15H17FN2O/c1-11(13-7-14(16)10-17-8-13)18-9-12-5-3-4-6-15(12)19-2/h3-8,10-11,18H,9H2,1-2H3. The number of rotatable bonds is 5. The molecule has 0 saturated heterocycles. The van der Waals surface area contributed by atoms with E-state index in [1.165, 1.54) is 12.3 Å². The van der Waals surface area contributed by atoms with E-state index in [9.17, 15) is 4.39 Å². The van der Waals surface area contributed by atoms with E-state index in [1.54, 1.807) is 13.3 Å². The van der Waals surface area contributed by atoms with Crippen LogP contribution < -0.4 is 10.1 Å². The summed E-state index contributed by atoms with van der Waals surface area (Å²) in [6.07, 6.45) is 2.87. The van der Waals surface area contributed by atoms with Gasteiger partial charge in [-0.05, 0) is 24.6 Å². The molecule has 3 nitrogen and oxygen atoms in total. The third kappa shape index (κ3) is 3.51. The van der Waals surface area contributed by atoms with Crippen LogP contribution in [0.1, 0.15) is 24.1 Å². The fourth-order valence-corrected chi connectivity index (χ4v) is 1.90. The van der Waals surface area contributed by atoms with Gasteiger partial charge < -0.3 is 10.1 Å². The second kappa shape index (κ2) is 6.29. The van der Waals surface area contributed by atoms with Crippen molar-refractivity contribution >= 4 is 0 Å². The molecule has 1 aromatic carbocycles. The van der Waals surface area contributed by atoms with Gasteiger partial charge in [0, 0.05) is 24.3 Å². The van der Waals surface area contributed by atoms with Crippen LogP contribution in [0.15, 0.2) is 42.7 Å². The highest BCUT2D eigenvalue weighted by Gasteiger charge is 2.08. The van der Waals surface area contributed by atoms with Crippen molar-refractivity contribution in [1.29, 1.82) is 0 Å². The summed E-state index contributed by atoms with van der Waals surface area (Å²) in [5, 5.41) is 3.33. The Morgan fingerprint density at radius 1 is 1.32 bits per heavy atom. The van der Waals surface area contributed by atoms with Crippen LogP contribution in [0, 0.1) is 5.82 Å². The number of nitrogens with one attached hydrogen (secondary N) is 1. The molecule has 1 N–H and O–H groups in total. The molecule has 19 heavy (non-hydrogen) atoms. The van der Waals surface area contributed by atoms with E-state index >= 15 is 0 Å². The average molecular weight is 260 g/mol. The molecular weight excluding hydrogens is 243 g/mol. The van der Waals surface area contributed by atoms with Crippen molar-refractivity contribution < 1.29 is 9.13 Å². The van der Waals surface area contributed by atoms with Gasteiger partial charge in [0.25, 0.3) is 0 Å². The zero-order valence-electron chi connectivity index (χ0n) is 11.1. The van der Waals surface area contributed by atoms with Crippen molar-refractivity contribution in [2.45, 2.75) is 19.5 Å². The molecular formula is C15H17FN2O. The Bertz CT molecular complexity index is 545. The van der Waals surface area contributed by atoms with Crippen LogP contribution in [0.25, 0.3) is 0 Å². The zero-order chi connectivity index (χ0) is 13.7.